The molecule has 0 aliphatic rings. The Labute approximate surface area is 166 Å². The molecule has 0 unspecified atom stereocenters. The van der Waals surface area contributed by atoms with Gasteiger partial charge in [-0.2, -0.15) is 0 Å². The van der Waals surface area contributed by atoms with Gasteiger partial charge in [-0.05, 0) is 77.8 Å². The van der Waals surface area contributed by atoms with Crippen LogP contribution in [0.2, 0.25) is 0 Å². The van der Waals surface area contributed by atoms with Crippen LogP contribution in [0.4, 0.5) is 9.18 Å². The number of hydrogen-bond acceptors (Lipinski definition) is 4. The van der Waals surface area contributed by atoms with Gasteiger partial charge >= 0.3 is 6.09 Å². The number of halogens is 1. The Balaban J connectivity index is 2.45. The van der Waals surface area contributed by atoms with E-state index in [0.717, 1.165) is 0 Å². The number of benzene rings is 1. The number of amides is 2. The van der Waals surface area contributed by atoms with Gasteiger partial charge in [0.1, 0.15) is 18.0 Å². The highest BCUT2D eigenvalue weighted by molar-refractivity contribution is 5.94. The number of carbonyl (C=O) groups is 2. The number of alkyl carbamates (subject to hydrolysis) is 1. The van der Waals surface area contributed by atoms with Crippen molar-refractivity contribution < 1.29 is 23.5 Å². The summed E-state index contributed by atoms with van der Waals surface area (Å²) in [4.78, 5) is 23.7. The van der Waals surface area contributed by atoms with Crippen LogP contribution in [0.3, 0.4) is 0 Å². The summed E-state index contributed by atoms with van der Waals surface area (Å²) in [7, 11) is 0. The Morgan fingerprint density at radius 3 is 2.18 bits per heavy atom. The van der Waals surface area contributed by atoms with Gasteiger partial charge in [-0.25, -0.2) is 9.18 Å². The second kappa shape index (κ2) is 10.1. The summed E-state index contributed by atoms with van der Waals surface area (Å²) in [5.74, 6) is 0.350. The minimum absolute atomic E-state index is 0.0417. The van der Waals surface area contributed by atoms with Crippen LogP contribution in [0.1, 0.15) is 58.3 Å². The van der Waals surface area contributed by atoms with Gasteiger partial charge in [-0.1, -0.05) is 0 Å². The van der Waals surface area contributed by atoms with Crippen LogP contribution >= 0.6 is 0 Å². The highest BCUT2D eigenvalue weighted by atomic mass is 19.1. The fourth-order valence-electron chi connectivity index (χ4n) is 2.09. The predicted octanol–water partition coefficient (Wildman–Crippen LogP) is 4.36. The largest absolute Gasteiger partial charge is 0.489 e. The van der Waals surface area contributed by atoms with Gasteiger partial charge < -0.3 is 20.1 Å². The Kier molecular flexibility index (Phi) is 8.47. The number of ether oxygens (including phenoxy) is 2. The van der Waals surface area contributed by atoms with Gasteiger partial charge in [0, 0.05) is 17.6 Å². The summed E-state index contributed by atoms with van der Waals surface area (Å²) < 4.78 is 23.7. The van der Waals surface area contributed by atoms with E-state index in [-0.39, 0.29) is 24.6 Å². The lowest BCUT2D eigenvalue weighted by Gasteiger charge is -2.20. The first-order chi connectivity index (χ1) is 12.9. The summed E-state index contributed by atoms with van der Waals surface area (Å²) in [5.41, 5.74) is 0.0122. The molecule has 0 saturated heterocycles. The standard InChI is InChI=1S/C21H31FN2O4/c1-20(2,3)24-18(25)16-7-9-17(10-8-16)27-14-15(13-22)11-12-23-19(26)28-21(4,5)6/h7-10,13H,11-12,14H2,1-6H3,(H,23,26)(H,24,25)/b15-13+. The van der Waals surface area contributed by atoms with Gasteiger partial charge in [0.05, 0.1) is 6.33 Å². The van der Waals surface area contributed by atoms with Crippen molar-refractivity contribution in [1.29, 1.82) is 0 Å². The summed E-state index contributed by atoms with van der Waals surface area (Å²) in [6, 6.07) is 6.62. The molecule has 0 fully saturated rings. The van der Waals surface area contributed by atoms with E-state index in [2.05, 4.69) is 10.6 Å². The van der Waals surface area contributed by atoms with E-state index >= 15 is 0 Å². The number of carbonyl (C=O) groups excluding carboxylic acids is 2. The molecule has 2 N–H and O–H groups in total. The zero-order valence-corrected chi connectivity index (χ0v) is 17.5. The molecule has 0 aromatic heterocycles. The average Bonchev–Trinajstić information content (AvgIpc) is 2.55. The molecule has 7 heteroatoms. The maximum Gasteiger partial charge on any atom is 0.407 e. The van der Waals surface area contributed by atoms with E-state index in [4.69, 9.17) is 9.47 Å². The average molecular weight is 394 g/mol. The summed E-state index contributed by atoms with van der Waals surface area (Å²) in [5, 5.41) is 5.45. The van der Waals surface area contributed by atoms with Gasteiger partial charge in [0.15, 0.2) is 0 Å². The van der Waals surface area contributed by atoms with Crippen molar-refractivity contribution >= 4 is 12.0 Å². The molecule has 0 bridgehead atoms. The second-order valence-corrected chi connectivity index (χ2v) is 8.46. The zero-order valence-electron chi connectivity index (χ0n) is 17.5. The Hall–Kier alpha value is -2.57. The van der Waals surface area contributed by atoms with E-state index < -0.39 is 11.7 Å². The quantitative estimate of drug-likeness (QED) is 0.720. The molecule has 6 nitrogen and oxygen atoms in total. The SMILES string of the molecule is CC(C)(C)NC(=O)c1ccc(OC/C(=C/F)CCNC(=O)OC(C)(C)C)cc1. The summed E-state index contributed by atoms with van der Waals surface area (Å²) >= 11 is 0. The molecule has 1 rings (SSSR count). The monoisotopic (exact) mass is 394 g/mol. The van der Waals surface area contributed by atoms with Crippen LogP contribution in [0.15, 0.2) is 36.2 Å². The van der Waals surface area contributed by atoms with Gasteiger partial charge in [0.25, 0.3) is 5.91 Å². The first-order valence-corrected chi connectivity index (χ1v) is 9.20. The molecule has 0 atom stereocenters. The Morgan fingerprint density at radius 2 is 1.68 bits per heavy atom. The molecule has 156 valence electrons. The molecule has 2 amide bonds. The van der Waals surface area contributed by atoms with Crippen molar-refractivity contribution in [3.05, 3.63) is 41.7 Å². The van der Waals surface area contributed by atoms with Gasteiger partial charge in [-0.15, -0.1) is 0 Å². The third-order valence-electron chi connectivity index (χ3n) is 3.30. The summed E-state index contributed by atoms with van der Waals surface area (Å²) in [6.07, 6.45) is 0.222. The van der Waals surface area contributed by atoms with Crippen LogP contribution in [-0.4, -0.2) is 36.3 Å². The molecule has 0 heterocycles. The highest BCUT2D eigenvalue weighted by Crippen LogP contribution is 2.15. The van der Waals surface area contributed by atoms with E-state index in [1.807, 2.05) is 20.8 Å². The van der Waals surface area contributed by atoms with Crippen LogP contribution in [-0.2, 0) is 4.74 Å². The zero-order chi connectivity index (χ0) is 21.4. The van der Waals surface area contributed by atoms with E-state index in [1.54, 1.807) is 45.0 Å². The van der Waals surface area contributed by atoms with Crippen molar-refractivity contribution in [1.82, 2.24) is 10.6 Å². The normalized spacial score (nSPS) is 12.3. The van der Waals surface area contributed by atoms with Crippen molar-refractivity contribution in [3.8, 4) is 5.75 Å². The van der Waals surface area contributed by atoms with Crippen molar-refractivity contribution in [2.45, 2.75) is 59.1 Å². The number of hydrogen-bond donors (Lipinski definition) is 2. The minimum Gasteiger partial charge on any atom is -0.489 e. The molecule has 0 radical (unpaired) electrons. The first-order valence-electron chi connectivity index (χ1n) is 9.20. The van der Waals surface area contributed by atoms with Crippen molar-refractivity contribution in [2.24, 2.45) is 0 Å². The maximum atomic E-state index is 13.0. The van der Waals surface area contributed by atoms with Gasteiger partial charge in [-0.3, -0.25) is 4.79 Å². The molecule has 0 spiro atoms. The smallest absolute Gasteiger partial charge is 0.407 e. The molecule has 0 saturated carbocycles. The lowest BCUT2D eigenvalue weighted by atomic mass is 10.1. The fourth-order valence-corrected chi connectivity index (χ4v) is 2.09. The molecular formula is C21H31FN2O4. The Morgan fingerprint density at radius 1 is 1.07 bits per heavy atom. The predicted molar refractivity (Wildman–Crippen MR) is 107 cm³/mol. The topological polar surface area (TPSA) is 76.7 Å². The summed E-state index contributed by atoms with van der Waals surface area (Å²) in [6.45, 7) is 11.3. The van der Waals surface area contributed by atoms with Crippen LogP contribution in [0.5, 0.6) is 5.75 Å². The van der Waals surface area contributed by atoms with E-state index in [1.165, 1.54) is 0 Å². The molecule has 1 aromatic carbocycles. The molecular weight excluding hydrogens is 363 g/mol. The van der Waals surface area contributed by atoms with E-state index in [0.29, 0.717) is 29.6 Å². The number of nitrogens with one attached hydrogen (secondary N) is 2. The molecule has 0 aliphatic carbocycles. The lowest BCUT2D eigenvalue weighted by molar-refractivity contribution is 0.0528. The van der Waals surface area contributed by atoms with Crippen LogP contribution in [0, 0.1) is 0 Å². The minimum atomic E-state index is -0.581. The lowest BCUT2D eigenvalue weighted by Crippen LogP contribution is -2.40. The van der Waals surface area contributed by atoms with Crippen molar-refractivity contribution in [3.63, 3.8) is 0 Å². The van der Waals surface area contributed by atoms with Crippen LogP contribution < -0.4 is 15.4 Å². The van der Waals surface area contributed by atoms with Gasteiger partial charge in [0.2, 0.25) is 0 Å². The third-order valence-corrected chi connectivity index (χ3v) is 3.30. The molecule has 1 aromatic rings. The second-order valence-electron chi connectivity index (χ2n) is 8.46. The highest BCUT2D eigenvalue weighted by Gasteiger charge is 2.16. The first kappa shape index (κ1) is 23.5. The molecule has 28 heavy (non-hydrogen) atoms. The van der Waals surface area contributed by atoms with Crippen LogP contribution in [0.25, 0.3) is 0 Å². The Bertz CT molecular complexity index is 686. The third kappa shape index (κ3) is 9.94. The van der Waals surface area contributed by atoms with E-state index in [9.17, 15) is 14.0 Å². The van der Waals surface area contributed by atoms with Crippen molar-refractivity contribution in [2.75, 3.05) is 13.2 Å². The number of rotatable bonds is 7. The fraction of sp³-hybridized carbons (Fsp3) is 0.524. The molecule has 0 aliphatic heterocycles. The maximum absolute atomic E-state index is 13.0.